The summed E-state index contributed by atoms with van der Waals surface area (Å²) in [6.45, 7) is 1.90. The number of hydrogen-bond acceptors (Lipinski definition) is 5. The maximum atomic E-state index is 10.5. The van der Waals surface area contributed by atoms with Crippen LogP contribution in [0.25, 0.3) is 0 Å². The van der Waals surface area contributed by atoms with Gasteiger partial charge >= 0.3 is 0 Å². The van der Waals surface area contributed by atoms with Crippen LogP contribution in [0.1, 0.15) is 12.1 Å². The average Bonchev–Trinajstić information content (AvgIpc) is 2.29. The molecule has 13 heavy (non-hydrogen) atoms. The fraction of sp³-hybridized carbons (Fsp3) is 0.429. The summed E-state index contributed by atoms with van der Waals surface area (Å²) in [5.41, 5.74) is 11.5. The van der Waals surface area contributed by atoms with E-state index in [9.17, 15) is 4.79 Å². The highest BCUT2D eigenvalue weighted by Crippen LogP contribution is 2.30. The number of nitrogen functional groups attached to an aromatic ring is 1. The van der Waals surface area contributed by atoms with Crippen molar-refractivity contribution in [2.24, 2.45) is 5.73 Å². The zero-order chi connectivity index (χ0) is 9.84. The standard InChI is InChI=1S/C7H11N3OS2/c1-4-6(13-7(9)10-4)12-3-2-5(8)11/h2-3H2,1H3,(H2,8,11)(H2,9,10). The highest BCUT2D eigenvalue weighted by atomic mass is 32.2. The normalized spacial score (nSPS) is 10.2. The van der Waals surface area contributed by atoms with E-state index in [2.05, 4.69) is 4.98 Å². The average molecular weight is 217 g/mol. The Bertz CT molecular complexity index is 311. The number of rotatable bonds is 4. The van der Waals surface area contributed by atoms with Gasteiger partial charge in [-0.15, -0.1) is 11.8 Å². The molecular formula is C7H11N3OS2. The van der Waals surface area contributed by atoms with E-state index < -0.39 is 0 Å². The van der Waals surface area contributed by atoms with Crippen molar-refractivity contribution in [3.63, 3.8) is 0 Å². The minimum absolute atomic E-state index is 0.275. The number of anilines is 1. The Labute approximate surface area is 84.7 Å². The second-order valence-electron chi connectivity index (χ2n) is 2.49. The fourth-order valence-corrected chi connectivity index (χ4v) is 2.83. The molecule has 1 amide bonds. The Kier molecular flexibility index (Phi) is 3.56. The van der Waals surface area contributed by atoms with Crippen LogP contribution >= 0.6 is 23.1 Å². The lowest BCUT2D eigenvalue weighted by molar-refractivity contribution is -0.117. The molecule has 1 aromatic rings. The van der Waals surface area contributed by atoms with Gasteiger partial charge in [0.05, 0.1) is 9.90 Å². The number of carbonyl (C=O) groups is 1. The molecule has 0 aliphatic carbocycles. The van der Waals surface area contributed by atoms with Crippen LogP contribution in [0.4, 0.5) is 5.13 Å². The molecule has 4 nitrogen and oxygen atoms in total. The third-order valence-electron chi connectivity index (χ3n) is 1.35. The van der Waals surface area contributed by atoms with Crippen LogP contribution in [0.15, 0.2) is 4.21 Å². The van der Waals surface area contributed by atoms with Gasteiger partial charge in [-0.1, -0.05) is 11.3 Å². The number of amides is 1. The predicted molar refractivity (Wildman–Crippen MR) is 55.8 cm³/mol. The summed E-state index contributed by atoms with van der Waals surface area (Å²) in [6, 6.07) is 0. The number of nitrogens with two attached hydrogens (primary N) is 2. The highest BCUT2D eigenvalue weighted by molar-refractivity contribution is 8.01. The largest absolute Gasteiger partial charge is 0.375 e. The number of carbonyl (C=O) groups excluding carboxylic acids is 1. The summed E-state index contributed by atoms with van der Waals surface area (Å²) in [5.74, 6) is 0.417. The van der Waals surface area contributed by atoms with Gasteiger partial charge in [0.15, 0.2) is 5.13 Å². The number of thiazole rings is 1. The van der Waals surface area contributed by atoms with Crippen molar-refractivity contribution >= 4 is 34.1 Å². The number of primary amides is 1. The van der Waals surface area contributed by atoms with E-state index >= 15 is 0 Å². The zero-order valence-corrected chi connectivity index (χ0v) is 8.87. The Morgan fingerprint density at radius 2 is 2.38 bits per heavy atom. The van der Waals surface area contributed by atoms with E-state index in [1.165, 1.54) is 11.3 Å². The third kappa shape index (κ3) is 3.23. The monoisotopic (exact) mass is 217 g/mol. The number of thioether (sulfide) groups is 1. The molecule has 0 aromatic carbocycles. The van der Waals surface area contributed by atoms with Crippen LogP contribution in [0, 0.1) is 6.92 Å². The van der Waals surface area contributed by atoms with Crippen molar-refractivity contribution in [3.05, 3.63) is 5.69 Å². The first-order valence-corrected chi connectivity index (χ1v) is 5.54. The van der Waals surface area contributed by atoms with E-state index in [0.29, 0.717) is 17.3 Å². The molecule has 1 rings (SSSR count). The molecule has 0 fully saturated rings. The van der Waals surface area contributed by atoms with Gasteiger partial charge in [-0.25, -0.2) is 4.98 Å². The second-order valence-corrected chi connectivity index (χ2v) is 4.88. The van der Waals surface area contributed by atoms with Gasteiger partial charge in [0.2, 0.25) is 5.91 Å². The van der Waals surface area contributed by atoms with Crippen LogP contribution < -0.4 is 11.5 Å². The topological polar surface area (TPSA) is 82.0 Å². The molecular weight excluding hydrogens is 206 g/mol. The highest BCUT2D eigenvalue weighted by Gasteiger charge is 2.05. The molecule has 0 saturated heterocycles. The van der Waals surface area contributed by atoms with E-state index in [1.807, 2.05) is 6.92 Å². The first-order chi connectivity index (χ1) is 6.09. The zero-order valence-electron chi connectivity index (χ0n) is 7.24. The van der Waals surface area contributed by atoms with Crippen molar-refractivity contribution in [3.8, 4) is 0 Å². The molecule has 0 radical (unpaired) electrons. The smallest absolute Gasteiger partial charge is 0.218 e. The van der Waals surface area contributed by atoms with Gasteiger partial charge in [0.1, 0.15) is 0 Å². The first-order valence-electron chi connectivity index (χ1n) is 3.73. The van der Waals surface area contributed by atoms with Gasteiger partial charge in [-0.2, -0.15) is 0 Å². The van der Waals surface area contributed by atoms with Gasteiger partial charge in [0, 0.05) is 12.2 Å². The summed E-state index contributed by atoms with van der Waals surface area (Å²) >= 11 is 3.01. The first kappa shape index (κ1) is 10.3. The van der Waals surface area contributed by atoms with Crippen molar-refractivity contribution in [1.29, 1.82) is 0 Å². The van der Waals surface area contributed by atoms with Crippen LogP contribution in [0.3, 0.4) is 0 Å². The quantitative estimate of drug-likeness (QED) is 0.737. The van der Waals surface area contributed by atoms with Crippen LogP contribution in [0.2, 0.25) is 0 Å². The number of aromatic nitrogens is 1. The van der Waals surface area contributed by atoms with Crippen LogP contribution in [-0.4, -0.2) is 16.6 Å². The number of hydrogen-bond donors (Lipinski definition) is 2. The van der Waals surface area contributed by atoms with E-state index in [4.69, 9.17) is 11.5 Å². The minimum atomic E-state index is -0.275. The van der Waals surface area contributed by atoms with Crippen LogP contribution in [0.5, 0.6) is 0 Å². The summed E-state index contributed by atoms with van der Waals surface area (Å²) in [6.07, 6.45) is 0.391. The molecule has 1 heterocycles. The fourth-order valence-electron chi connectivity index (χ4n) is 0.781. The number of aryl methyl sites for hydroxylation is 1. The molecule has 0 aliphatic rings. The summed E-state index contributed by atoms with van der Waals surface area (Å²) in [5, 5.41) is 0.569. The van der Waals surface area contributed by atoms with Crippen molar-refractivity contribution in [2.75, 3.05) is 11.5 Å². The minimum Gasteiger partial charge on any atom is -0.375 e. The van der Waals surface area contributed by atoms with E-state index in [1.54, 1.807) is 11.8 Å². The summed E-state index contributed by atoms with van der Waals surface area (Å²) in [4.78, 5) is 14.5. The van der Waals surface area contributed by atoms with Crippen LogP contribution in [-0.2, 0) is 4.79 Å². The third-order valence-corrected chi connectivity index (χ3v) is 3.70. The molecule has 4 N–H and O–H groups in total. The molecule has 0 saturated carbocycles. The molecule has 0 bridgehead atoms. The predicted octanol–water partition coefficient (Wildman–Crippen LogP) is 1.00. The van der Waals surface area contributed by atoms with Crippen molar-refractivity contribution in [2.45, 2.75) is 17.6 Å². The Balaban J connectivity index is 2.45. The van der Waals surface area contributed by atoms with Gasteiger partial charge in [0.25, 0.3) is 0 Å². The maximum Gasteiger partial charge on any atom is 0.218 e. The molecule has 0 aliphatic heterocycles. The Hall–Kier alpha value is -0.750. The van der Waals surface area contributed by atoms with Crippen molar-refractivity contribution < 1.29 is 4.79 Å². The summed E-state index contributed by atoms with van der Waals surface area (Å²) < 4.78 is 1.07. The van der Waals surface area contributed by atoms with Gasteiger partial charge in [-0.05, 0) is 6.92 Å². The van der Waals surface area contributed by atoms with E-state index in [-0.39, 0.29) is 5.91 Å². The lowest BCUT2D eigenvalue weighted by Gasteiger charge is -1.95. The van der Waals surface area contributed by atoms with Crippen molar-refractivity contribution in [1.82, 2.24) is 4.98 Å². The Morgan fingerprint density at radius 1 is 1.69 bits per heavy atom. The molecule has 0 unspecified atom stereocenters. The lowest BCUT2D eigenvalue weighted by atomic mass is 10.5. The molecule has 1 aromatic heterocycles. The number of nitrogens with zero attached hydrogens (tertiary/aromatic N) is 1. The Morgan fingerprint density at radius 3 is 2.85 bits per heavy atom. The van der Waals surface area contributed by atoms with Gasteiger partial charge in [-0.3, -0.25) is 4.79 Å². The molecule has 0 spiro atoms. The molecule has 6 heteroatoms. The summed E-state index contributed by atoms with van der Waals surface area (Å²) in [7, 11) is 0. The maximum absolute atomic E-state index is 10.5. The molecule has 72 valence electrons. The SMILES string of the molecule is Cc1nc(N)sc1SCCC(N)=O. The molecule has 0 atom stereocenters. The van der Waals surface area contributed by atoms with E-state index in [0.717, 1.165) is 9.90 Å². The van der Waals surface area contributed by atoms with Gasteiger partial charge < -0.3 is 11.5 Å². The lowest BCUT2D eigenvalue weighted by Crippen LogP contribution is -2.10. The second kappa shape index (κ2) is 4.48.